The van der Waals surface area contributed by atoms with Gasteiger partial charge in [-0.3, -0.25) is 9.69 Å². The van der Waals surface area contributed by atoms with Gasteiger partial charge in [-0.15, -0.1) is 13.2 Å². The number of hydrogen-bond acceptors (Lipinski definition) is 5. The molecule has 12 heteroatoms. The van der Waals surface area contributed by atoms with Gasteiger partial charge in [-0.05, 0) is 84.5 Å². The minimum absolute atomic E-state index is 0.0169. The average Bonchev–Trinajstić information content (AvgIpc) is 3.02. The lowest BCUT2D eigenvalue weighted by Crippen LogP contribution is -2.27. The molecule has 2 N–H and O–H groups in total. The summed E-state index contributed by atoms with van der Waals surface area (Å²) in [5.74, 6) is -1.93. The molecule has 4 rings (SSSR count). The molecule has 0 saturated heterocycles. The number of nitrogens with zero attached hydrogens (tertiary/aromatic N) is 1. The maximum absolute atomic E-state index is 13.1. The highest BCUT2D eigenvalue weighted by Gasteiger charge is 2.31. The number of benzene rings is 4. The van der Waals surface area contributed by atoms with Crippen molar-refractivity contribution < 1.29 is 42.4 Å². The summed E-state index contributed by atoms with van der Waals surface area (Å²) in [7, 11) is 0. The van der Waals surface area contributed by atoms with E-state index in [9.17, 15) is 27.9 Å². The van der Waals surface area contributed by atoms with Gasteiger partial charge in [0.05, 0.1) is 15.6 Å². The van der Waals surface area contributed by atoms with Crippen LogP contribution >= 0.6 is 23.2 Å². The number of carbonyl (C=O) groups is 2. The van der Waals surface area contributed by atoms with Gasteiger partial charge in [0.1, 0.15) is 18.1 Å². The maximum Gasteiger partial charge on any atom is 0.573 e. The van der Waals surface area contributed by atoms with Crippen LogP contribution in [0.4, 0.5) is 13.2 Å². The van der Waals surface area contributed by atoms with E-state index in [1.807, 2.05) is 35.2 Å². The minimum atomic E-state index is -4.87. The fourth-order valence-corrected chi connectivity index (χ4v) is 5.34. The smallest absolute Gasteiger partial charge is 0.489 e. The number of rotatable bonds is 16. The monoisotopic (exact) mass is 689 g/mol. The van der Waals surface area contributed by atoms with Gasteiger partial charge >= 0.3 is 18.3 Å². The lowest BCUT2D eigenvalue weighted by atomic mass is 10.0. The van der Waals surface area contributed by atoms with Crippen LogP contribution in [0.25, 0.3) is 11.1 Å². The van der Waals surface area contributed by atoms with Gasteiger partial charge in [0.15, 0.2) is 0 Å². The molecule has 0 aliphatic rings. The Hall–Kier alpha value is -4.25. The number of aliphatic carboxylic acids is 1. The third-order valence-corrected chi connectivity index (χ3v) is 8.11. The molecular weight excluding hydrogens is 658 g/mol. The van der Waals surface area contributed by atoms with E-state index in [1.54, 1.807) is 24.3 Å². The molecule has 47 heavy (non-hydrogen) atoms. The van der Waals surface area contributed by atoms with Gasteiger partial charge in [0.25, 0.3) is 0 Å². The second-order valence-corrected chi connectivity index (χ2v) is 11.6. The van der Waals surface area contributed by atoms with Crippen LogP contribution in [0.5, 0.6) is 11.5 Å². The largest absolute Gasteiger partial charge is 0.573 e. The van der Waals surface area contributed by atoms with E-state index in [0.717, 1.165) is 22.3 Å². The third-order valence-electron chi connectivity index (χ3n) is 7.30. The predicted octanol–water partition coefficient (Wildman–Crippen LogP) is 9.14. The number of hydrogen-bond donors (Lipinski definition) is 2. The summed E-state index contributed by atoms with van der Waals surface area (Å²) in [5, 5.41) is 19.1. The molecule has 0 fully saturated rings. The molecule has 0 aromatic heterocycles. The maximum atomic E-state index is 13.1. The normalized spacial score (nSPS) is 11.4. The number of halogens is 5. The highest BCUT2D eigenvalue weighted by molar-refractivity contribution is 6.43. The van der Waals surface area contributed by atoms with E-state index in [2.05, 4.69) is 4.74 Å². The zero-order valence-corrected chi connectivity index (χ0v) is 26.6. The first kappa shape index (κ1) is 35.6. The highest BCUT2D eigenvalue weighted by atomic mass is 35.5. The quantitative estimate of drug-likeness (QED) is 0.113. The first-order valence-corrected chi connectivity index (χ1v) is 15.4. The Morgan fingerprint density at radius 3 is 2.19 bits per heavy atom. The molecule has 7 nitrogen and oxygen atoms in total. The van der Waals surface area contributed by atoms with Crippen molar-refractivity contribution in [2.45, 2.75) is 45.2 Å². The Balaban J connectivity index is 1.50. The van der Waals surface area contributed by atoms with Gasteiger partial charge in [-0.2, -0.15) is 0 Å². The summed E-state index contributed by atoms with van der Waals surface area (Å²) in [6, 6.07) is 23.2. The number of alkyl halides is 3. The number of aromatic carboxylic acids is 1. The van der Waals surface area contributed by atoms with Crippen molar-refractivity contribution in [3.8, 4) is 22.6 Å². The van der Waals surface area contributed by atoms with Crippen LogP contribution in [0, 0.1) is 0 Å². The molecule has 0 radical (unpaired) electrons. The van der Waals surface area contributed by atoms with Gasteiger partial charge in [0.2, 0.25) is 0 Å². The van der Waals surface area contributed by atoms with Crippen LogP contribution < -0.4 is 9.47 Å². The van der Waals surface area contributed by atoms with Crippen LogP contribution in [-0.2, 0) is 24.4 Å². The number of unbranched alkanes of at least 4 members (excludes halogenated alkanes) is 1. The molecule has 0 atom stereocenters. The van der Waals surface area contributed by atoms with E-state index in [1.165, 1.54) is 30.3 Å². The highest BCUT2D eigenvalue weighted by Crippen LogP contribution is 2.34. The van der Waals surface area contributed by atoms with Crippen molar-refractivity contribution in [2.24, 2.45) is 0 Å². The Morgan fingerprint density at radius 1 is 0.830 bits per heavy atom. The molecule has 0 amide bonds. The first-order valence-electron chi connectivity index (χ1n) is 14.7. The Labute approximate surface area is 280 Å². The summed E-state index contributed by atoms with van der Waals surface area (Å²) in [6.07, 6.45) is -3.52. The first-order chi connectivity index (χ1) is 22.4. The van der Waals surface area contributed by atoms with E-state index in [0.29, 0.717) is 60.3 Å². The fourth-order valence-electron chi connectivity index (χ4n) is 4.93. The SMILES string of the molecule is O=C(O)CCCCN(CCc1cc(OC(F)(F)F)ccc1OCc1ccc(-c2cccc(Cl)c2Cl)cc1)Cc1ccc(C(=O)O)cc1. The van der Waals surface area contributed by atoms with Crippen LogP contribution in [0.1, 0.15) is 46.3 Å². The van der Waals surface area contributed by atoms with Crippen LogP contribution in [0.15, 0.2) is 84.9 Å². The van der Waals surface area contributed by atoms with E-state index < -0.39 is 18.3 Å². The molecule has 248 valence electrons. The Bertz CT molecular complexity index is 1660. The van der Waals surface area contributed by atoms with Crippen molar-refractivity contribution in [2.75, 3.05) is 13.1 Å². The lowest BCUT2D eigenvalue weighted by Gasteiger charge is -2.23. The summed E-state index contributed by atoms with van der Waals surface area (Å²) in [6.45, 7) is 1.48. The number of carboxylic acid groups (broad SMARTS) is 2. The summed E-state index contributed by atoms with van der Waals surface area (Å²) < 4.78 is 49.4. The van der Waals surface area contributed by atoms with Crippen LogP contribution in [0.3, 0.4) is 0 Å². The molecule has 0 heterocycles. The second-order valence-electron chi connectivity index (χ2n) is 10.8. The molecule has 4 aromatic carbocycles. The summed E-state index contributed by atoms with van der Waals surface area (Å²) >= 11 is 12.5. The molecule has 0 saturated carbocycles. The summed E-state index contributed by atoms with van der Waals surface area (Å²) in [5.41, 5.74) is 3.93. The molecular formula is C35H32Cl2F3NO6. The molecule has 0 spiro atoms. The lowest BCUT2D eigenvalue weighted by molar-refractivity contribution is -0.274. The van der Waals surface area contributed by atoms with Crippen molar-refractivity contribution in [1.29, 1.82) is 0 Å². The average molecular weight is 691 g/mol. The van der Waals surface area contributed by atoms with Crippen molar-refractivity contribution >= 4 is 35.1 Å². The zero-order valence-electron chi connectivity index (χ0n) is 25.1. The predicted molar refractivity (Wildman–Crippen MR) is 173 cm³/mol. The van der Waals surface area contributed by atoms with Crippen LogP contribution in [0.2, 0.25) is 10.0 Å². The molecule has 4 aromatic rings. The molecule has 0 aliphatic heterocycles. The van der Waals surface area contributed by atoms with Gasteiger partial charge in [-0.1, -0.05) is 71.7 Å². The van der Waals surface area contributed by atoms with Crippen molar-refractivity contribution in [3.05, 3.63) is 117 Å². The standard InChI is InChI=1S/C35H32Cl2F3NO6/c36-30-5-3-4-29(33(30)37)25-11-9-24(10-12-25)22-46-31-16-15-28(47-35(38,39)40)20-27(31)17-19-41(18-2-1-6-32(42)43)21-23-7-13-26(14-8-23)34(44)45/h3-5,7-16,20H,1-2,6,17-19,21-22H2,(H,42,43)(H,44,45). The van der Waals surface area contributed by atoms with E-state index in [4.69, 9.17) is 33.0 Å². The van der Waals surface area contributed by atoms with E-state index in [-0.39, 0.29) is 24.3 Å². The number of carboxylic acids is 2. The fraction of sp³-hybridized carbons (Fsp3) is 0.257. The molecule has 0 bridgehead atoms. The topological polar surface area (TPSA) is 96.3 Å². The summed E-state index contributed by atoms with van der Waals surface area (Å²) in [4.78, 5) is 24.3. The number of ether oxygens (including phenoxy) is 2. The van der Waals surface area contributed by atoms with Crippen molar-refractivity contribution in [3.63, 3.8) is 0 Å². The molecule has 0 aliphatic carbocycles. The van der Waals surface area contributed by atoms with Gasteiger partial charge < -0.3 is 19.7 Å². The Kier molecular flexibility index (Phi) is 12.5. The second kappa shape index (κ2) is 16.5. The molecule has 0 unspecified atom stereocenters. The Morgan fingerprint density at radius 2 is 1.53 bits per heavy atom. The van der Waals surface area contributed by atoms with Crippen molar-refractivity contribution in [1.82, 2.24) is 4.90 Å². The third kappa shape index (κ3) is 11.2. The van der Waals surface area contributed by atoms with Gasteiger partial charge in [-0.25, -0.2) is 4.79 Å². The minimum Gasteiger partial charge on any atom is -0.489 e. The van der Waals surface area contributed by atoms with Gasteiger partial charge in [0, 0.05) is 25.1 Å². The zero-order chi connectivity index (χ0) is 34.0. The van der Waals surface area contributed by atoms with E-state index >= 15 is 0 Å². The van der Waals surface area contributed by atoms with Crippen LogP contribution in [-0.4, -0.2) is 46.5 Å².